The molecule has 2 unspecified atom stereocenters. The van der Waals surface area contributed by atoms with Crippen molar-refractivity contribution < 1.29 is 14.3 Å². The van der Waals surface area contributed by atoms with Crippen molar-refractivity contribution in [1.29, 1.82) is 0 Å². The second-order valence-electron chi connectivity index (χ2n) is 8.76. The number of carbonyl (C=O) groups excluding carboxylic acids is 2. The second-order valence-corrected chi connectivity index (χ2v) is 11.1. The Morgan fingerprint density at radius 2 is 1.76 bits per heavy atom. The van der Waals surface area contributed by atoms with Gasteiger partial charge in [0.1, 0.15) is 22.2 Å². The van der Waals surface area contributed by atoms with Gasteiger partial charge in [-0.05, 0) is 70.9 Å². The highest BCUT2D eigenvalue weighted by Gasteiger charge is 2.50. The molecule has 188 valence electrons. The first-order valence-corrected chi connectivity index (χ1v) is 14.0. The summed E-state index contributed by atoms with van der Waals surface area (Å²) in [5, 5.41) is 7.41. The molecule has 9 heteroatoms. The number of thiophene rings is 1. The zero-order chi connectivity index (χ0) is 26.1. The molecule has 1 aliphatic heterocycles. The van der Waals surface area contributed by atoms with Gasteiger partial charge in [0.05, 0.1) is 10.5 Å². The highest BCUT2D eigenvalue weighted by atomic mass is 35.5. The average Bonchev–Trinajstić information content (AvgIpc) is 3.48. The van der Waals surface area contributed by atoms with Gasteiger partial charge >= 0.3 is 0 Å². The number of nitrogens with zero attached hydrogens (tertiary/aromatic N) is 2. The lowest BCUT2D eigenvalue weighted by molar-refractivity contribution is -0.133. The minimum atomic E-state index is -1.19. The van der Waals surface area contributed by atoms with Crippen LogP contribution in [-0.4, -0.2) is 26.9 Å². The quantitative estimate of drug-likeness (QED) is 0.236. The van der Waals surface area contributed by atoms with E-state index in [0.717, 1.165) is 28.2 Å². The number of piperidine rings is 1. The molecule has 2 aromatic carbocycles. The summed E-state index contributed by atoms with van der Waals surface area (Å²) in [7, 11) is 0. The van der Waals surface area contributed by atoms with E-state index in [1.54, 1.807) is 36.7 Å². The van der Waals surface area contributed by atoms with Crippen molar-refractivity contribution in [3.63, 3.8) is 0 Å². The van der Waals surface area contributed by atoms with E-state index in [1.165, 1.54) is 11.3 Å². The minimum Gasteiger partial charge on any atom is -0.455 e. The van der Waals surface area contributed by atoms with Crippen molar-refractivity contribution in [2.24, 2.45) is 0 Å². The van der Waals surface area contributed by atoms with E-state index < -0.39 is 16.7 Å². The number of benzene rings is 2. The van der Waals surface area contributed by atoms with Gasteiger partial charge in [-0.15, -0.1) is 11.8 Å². The Kier molecular flexibility index (Phi) is 6.61. The lowest BCUT2D eigenvalue weighted by Crippen LogP contribution is -2.58. The summed E-state index contributed by atoms with van der Waals surface area (Å²) in [6.07, 6.45) is 3.39. The number of Topliss-reactive ketones (excluding diaryl/α,β-unsaturated/α-hetero) is 1. The molecule has 1 aliphatic rings. The maximum atomic E-state index is 13.7. The third-order valence-corrected chi connectivity index (χ3v) is 8.85. The maximum Gasteiger partial charge on any atom is 0.242 e. The number of hydrogen-bond acceptors (Lipinski definition) is 7. The van der Waals surface area contributed by atoms with Crippen molar-refractivity contribution in [3.8, 4) is 11.5 Å². The number of fused-ring (bicyclic) bond motifs is 1. The fourth-order valence-electron chi connectivity index (χ4n) is 4.64. The SMILES string of the molecule is O=C1CC(c2ccsc2)(c2ncccc2Oc2cccc3ncccc23)NC(=O)C1Sc1ccccc1Cl. The number of nitrogens with one attached hydrogen (secondary N) is 1. The number of ether oxygens (including phenoxy) is 1. The standard InChI is InChI=1S/C29H20ClN3O3S2/c30-20-7-1-2-11-25(20)38-26-22(34)16-29(33-28(26)35,18-12-15-37-17-18)27-24(10-5-14-32-27)36-23-9-3-8-21-19(23)6-4-13-31-21/h1-15,17,26H,16H2,(H,33,35). The highest BCUT2D eigenvalue weighted by molar-refractivity contribution is 8.01. The smallest absolute Gasteiger partial charge is 0.242 e. The first kappa shape index (κ1) is 24.6. The normalized spacial score (nSPS) is 19.3. The Balaban J connectivity index is 1.41. The molecule has 1 fully saturated rings. The molecule has 0 aliphatic carbocycles. The van der Waals surface area contributed by atoms with Gasteiger partial charge in [0.2, 0.25) is 5.91 Å². The lowest BCUT2D eigenvalue weighted by atomic mass is 9.79. The molecule has 1 amide bonds. The van der Waals surface area contributed by atoms with Crippen LogP contribution < -0.4 is 10.1 Å². The van der Waals surface area contributed by atoms with Crippen LogP contribution in [-0.2, 0) is 15.1 Å². The third-order valence-electron chi connectivity index (χ3n) is 6.40. The number of hydrogen-bond donors (Lipinski definition) is 1. The topological polar surface area (TPSA) is 81.2 Å². The van der Waals surface area contributed by atoms with Crippen LogP contribution in [0.25, 0.3) is 10.9 Å². The molecule has 6 nitrogen and oxygen atoms in total. The molecule has 4 heterocycles. The Morgan fingerprint density at radius 1 is 0.947 bits per heavy atom. The molecule has 3 aromatic heterocycles. The van der Waals surface area contributed by atoms with Gasteiger partial charge in [-0.2, -0.15) is 11.3 Å². The molecule has 1 saturated heterocycles. The summed E-state index contributed by atoms with van der Waals surface area (Å²) in [5.74, 6) is 0.436. The van der Waals surface area contributed by atoms with Gasteiger partial charge in [0.15, 0.2) is 11.5 Å². The average molecular weight is 558 g/mol. The largest absolute Gasteiger partial charge is 0.455 e. The molecular formula is C29H20ClN3O3S2. The van der Waals surface area contributed by atoms with E-state index in [-0.39, 0.29) is 12.2 Å². The Bertz CT molecular complexity index is 1640. The van der Waals surface area contributed by atoms with E-state index in [2.05, 4.69) is 15.3 Å². The maximum absolute atomic E-state index is 13.7. The van der Waals surface area contributed by atoms with Crippen LogP contribution in [0.2, 0.25) is 5.02 Å². The first-order valence-electron chi connectivity index (χ1n) is 11.8. The first-order chi connectivity index (χ1) is 18.5. The predicted octanol–water partition coefficient (Wildman–Crippen LogP) is 6.63. The fraction of sp³-hybridized carbons (Fsp3) is 0.103. The van der Waals surface area contributed by atoms with Gasteiger partial charge in [0, 0.05) is 29.1 Å². The molecular weight excluding hydrogens is 538 g/mol. The molecule has 0 radical (unpaired) electrons. The van der Waals surface area contributed by atoms with Gasteiger partial charge < -0.3 is 10.1 Å². The van der Waals surface area contributed by atoms with E-state index in [1.807, 2.05) is 59.3 Å². The van der Waals surface area contributed by atoms with Crippen LogP contribution in [0.1, 0.15) is 17.7 Å². The van der Waals surface area contributed by atoms with Gasteiger partial charge in [-0.1, -0.05) is 29.8 Å². The van der Waals surface area contributed by atoms with Crippen molar-refractivity contribution in [2.45, 2.75) is 22.1 Å². The number of amides is 1. The van der Waals surface area contributed by atoms with E-state index in [9.17, 15) is 9.59 Å². The predicted molar refractivity (Wildman–Crippen MR) is 150 cm³/mol. The highest BCUT2D eigenvalue weighted by Crippen LogP contribution is 2.44. The van der Waals surface area contributed by atoms with Crippen molar-refractivity contribution in [1.82, 2.24) is 15.3 Å². The number of halogens is 1. The number of rotatable bonds is 6. The summed E-state index contributed by atoms with van der Waals surface area (Å²) in [6.45, 7) is 0. The van der Waals surface area contributed by atoms with Crippen molar-refractivity contribution in [3.05, 3.63) is 112 Å². The van der Waals surface area contributed by atoms with Crippen LogP contribution in [0.4, 0.5) is 0 Å². The van der Waals surface area contributed by atoms with E-state index in [0.29, 0.717) is 27.1 Å². The molecule has 38 heavy (non-hydrogen) atoms. The van der Waals surface area contributed by atoms with Crippen LogP contribution in [0.5, 0.6) is 11.5 Å². The zero-order valence-corrected chi connectivity index (χ0v) is 22.2. The summed E-state index contributed by atoms with van der Waals surface area (Å²) < 4.78 is 6.42. The van der Waals surface area contributed by atoms with Crippen molar-refractivity contribution in [2.75, 3.05) is 0 Å². The number of carbonyl (C=O) groups is 2. The Hall–Kier alpha value is -3.72. The molecule has 5 aromatic rings. The summed E-state index contributed by atoms with van der Waals surface area (Å²) >= 11 is 8.96. The van der Waals surface area contributed by atoms with Crippen LogP contribution in [0.15, 0.2) is 101 Å². The molecule has 0 spiro atoms. The molecule has 1 N–H and O–H groups in total. The molecule has 2 atom stereocenters. The second kappa shape index (κ2) is 10.2. The van der Waals surface area contributed by atoms with Gasteiger partial charge in [-0.25, -0.2) is 0 Å². The van der Waals surface area contributed by atoms with Crippen LogP contribution >= 0.6 is 34.7 Å². The fourth-order valence-corrected chi connectivity index (χ4v) is 6.62. The van der Waals surface area contributed by atoms with Gasteiger partial charge in [0.25, 0.3) is 0 Å². The third kappa shape index (κ3) is 4.45. The number of ketones is 1. The summed E-state index contributed by atoms with van der Waals surface area (Å²) in [4.78, 5) is 37.0. The van der Waals surface area contributed by atoms with Crippen LogP contribution in [0.3, 0.4) is 0 Å². The van der Waals surface area contributed by atoms with Gasteiger partial charge in [-0.3, -0.25) is 19.6 Å². The Morgan fingerprint density at radius 3 is 2.58 bits per heavy atom. The number of pyridine rings is 2. The summed E-state index contributed by atoms with van der Waals surface area (Å²) in [6, 6.07) is 22.1. The Labute approximate surface area is 232 Å². The molecule has 0 bridgehead atoms. The minimum absolute atomic E-state index is 0.0159. The van der Waals surface area contributed by atoms with Crippen LogP contribution in [0, 0.1) is 0 Å². The molecule has 6 rings (SSSR count). The monoisotopic (exact) mass is 557 g/mol. The van der Waals surface area contributed by atoms with E-state index in [4.69, 9.17) is 16.3 Å². The lowest BCUT2D eigenvalue weighted by Gasteiger charge is -2.39. The number of thioether (sulfide) groups is 1. The molecule has 0 saturated carbocycles. The van der Waals surface area contributed by atoms with E-state index >= 15 is 0 Å². The summed E-state index contributed by atoms with van der Waals surface area (Å²) in [5.41, 5.74) is 0.838. The number of aromatic nitrogens is 2. The zero-order valence-electron chi connectivity index (χ0n) is 19.8. The van der Waals surface area contributed by atoms with Crippen molar-refractivity contribution >= 4 is 57.3 Å².